The molecule has 1 aliphatic heterocycles. The molecule has 6 heteroatoms. The van der Waals surface area contributed by atoms with Gasteiger partial charge in [0, 0.05) is 31.9 Å². The van der Waals surface area contributed by atoms with Crippen LogP contribution in [0.3, 0.4) is 0 Å². The maximum atomic E-state index is 12.6. The molecule has 0 spiro atoms. The summed E-state index contributed by atoms with van der Waals surface area (Å²) in [5, 5.41) is 1.95. The van der Waals surface area contributed by atoms with E-state index in [0.717, 1.165) is 30.3 Å². The van der Waals surface area contributed by atoms with Crippen molar-refractivity contribution in [3.05, 3.63) is 40.1 Å². The number of carbonyl (C=O) groups excluding carboxylic acids is 1. The lowest BCUT2D eigenvalue weighted by molar-refractivity contribution is 0.0640. The molecular formula is C17H24N4OS. The van der Waals surface area contributed by atoms with Gasteiger partial charge in [0.05, 0.1) is 16.6 Å². The van der Waals surface area contributed by atoms with Crippen molar-refractivity contribution in [2.24, 2.45) is 0 Å². The fourth-order valence-electron chi connectivity index (χ4n) is 2.94. The normalized spacial score (nSPS) is 17.8. The SMILES string of the molecule is CC(C)N(C)Cc1cnc2n1CCN(C(=O)c1cccs1)[C@H]2C. The summed E-state index contributed by atoms with van der Waals surface area (Å²) in [7, 11) is 2.13. The Labute approximate surface area is 141 Å². The maximum Gasteiger partial charge on any atom is 0.264 e. The van der Waals surface area contributed by atoms with E-state index >= 15 is 0 Å². The van der Waals surface area contributed by atoms with Crippen LogP contribution in [0.5, 0.6) is 0 Å². The Bertz CT molecular complexity index is 677. The molecule has 0 saturated heterocycles. The Morgan fingerprint density at radius 3 is 2.91 bits per heavy atom. The minimum atomic E-state index is 0.0106. The molecule has 2 aromatic rings. The van der Waals surface area contributed by atoms with Gasteiger partial charge in [0.1, 0.15) is 5.82 Å². The van der Waals surface area contributed by atoms with E-state index in [2.05, 4.69) is 42.3 Å². The highest BCUT2D eigenvalue weighted by molar-refractivity contribution is 7.12. The van der Waals surface area contributed by atoms with Gasteiger partial charge in [0.2, 0.25) is 0 Å². The molecule has 0 bridgehead atoms. The van der Waals surface area contributed by atoms with Gasteiger partial charge in [-0.25, -0.2) is 4.98 Å². The first-order valence-electron chi connectivity index (χ1n) is 8.08. The number of amides is 1. The molecule has 0 saturated carbocycles. The Balaban J connectivity index is 1.80. The summed E-state index contributed by atoms with van der Waals surface area (Å²) >= 11 is 1.50. The summed E-state index contributed by atoms with van der Waals surface area (Å²) in [4.78, 5) is 22.3. The monoisotopic (exact) mass is 332 g/mol. The van der Waals surface area contributed by atoms with Gasteiger partial charge in [-0.2, -0.15) is 0 Å². The first-order valence-corrected chi connectivity index (χ1v) is 8.96. The molecule has 3 heterocycles. The van der Waals surface area contributed by atoms with Gasteiger partial charge in [-0.1, -0.05) is 6.07 Å². The molecular weight excluding hydrogens is 308 g/mol. The zero-order valence-corrected chi connectivity index (χ0v) is 15.0. The first kappa shape index (κ1) is 16.2. The number of fused-ring (bicyclic) bond motifs is 1. The van der Waals surface area contributed by atoms with E-state index in [4.69, 9.17) is 0 Å². The topological polar surface area (TPSA) is 41.4 Å². The summed E-state index contributed by atoms with van der Waals surface area (Å²) in [6, 6.07) is 4.33. The zero-order chi connectivity index (χ0) is 16.6. The van der Waals surface area contributed by atoms with E-state index in [0.29, 0.717) is 6.04 Å². The molecule has 124 valence electrons. The van der Waals surface area contributed by atoms with Crippen molar-refractivity contribution in [1.29, 1.82) is 0 Å². The number of aromatic nitrogens is 2. The van der Waals surface area contributed by atoms with Crippen LogP contribution in [0.1, 0.15) is 48.0 Å². The van der Waals surface area contributed by atoms with E-state index < -0.39 is 0 Å². The molecule has 0 aromatic carbocycles. The highest BCUT2D eigenvalue weighted by Crippen LogP contribution is 2.28. The fourth-order valence-corrected chi connectivity index (χ4v) is 3.62. The number of nitrogens with zero attached hydrogens (tertiary/aromatic N) is 4. The predicted octanol–water partition coefficient (Wildman–Crippen LogP) is 3.00. The number of rotatable bonds is 4. The average Bonchev–Trinajstić information content (AvgIpc) is 3.17. The van der Waals surface area contributed by atoms with Crippen LogP contribution in [0.15, 0.2) is 23.7 Å². The lowest BCUT2D eigenvalue weighted by Gasteiger charge is -2.34. The molecule has 0 aliphatic carbocycles. The van der Waals surface area contributed by atoms with Gasteiger partial charge < -0.3 is 9.47 Å². The van der Waals surface area contributed by atoms with Crippen LogP contribution in [-0.2, 0) is 13.1 Å². The van der Waals surface area contributed by atoms with Gasteiger partial charge in [0.25, 0.3) is 5.91 Å². The number of hydrogen-bond donors (Lipinski definition) is 0. The quantitative estimate of drug-likeness (QED) is 0.864. The smallest absolute Gasteiger partial charge is 0.264 e. The first-order chi connectivity index (χ1) is 11.0. The second kappa shape index (κ2) is 6.45. The number of imidazole rings is 1. The number of thiophene rings is 1. The second-order valence-corrected chi connectivity index (χ2v) is 7.37. The zero-order valence-electron chi connectivity index (χ0n) is 14.2. The third-order valence-electron chi connectivity index (χ3n) is 4.66. The molecule has 1 amide bonds. The van der Waals surface area contributed by atoms with Crippen molar-refractivity contribution >= 4 is 17.2 Å². The molecule has 1 aliphatic rings. The standard InChI is InChI=1S/C17H24N4OS/c1-12(2)19(4)11-14-10-18-16-13(3)20(7-8-21(14)16)17(22)15-6-5-9-23-15/h5-6,9-10,12-13H,7-8,11H2,1-4H3/t13-/m0/s1. The van der Waals surface area contributed by atoms with Crippen LogP contribution in [0.2, 0.25) is 0 Å². The van der Waals surface area contributed by atoms with Crippen molar-refractivity contribution < 1.29 is 4.79 Å². The summed E-state index contributed by atoms with van der Waals surface area (Å²) in [5.74, 6) is 1.11. The lowest BCUT2D eigenvalue weighted by Crippen LogP contribution is -2.41. The third-order valence-corrected chi connectivity index (χ3v) is 5.52. The Morgan fingerprint density at radius 1 is 1.48 bits per heavy atom. The van der Waals surface area contributed by atoms with Crippen molar-refractivity contribution in [2.45, 2.75) is 45.9 Å². The second-order valence-electron chi connectivity index (χ2n) is 6.42. The predicted molar refractivity (Wildman–Crippen MR) is 92.6 cm³/mol. The van der Waals surface area contributed by atoms with Crippen molar-refractivity contribution in [2.75, 3.05) is 13.6 Å². The van der Waals surface area contributed by atoms with E-state index in [1.807, 2.05) is 28.6 Å². The summed E-state index contributed by atoms with van der Waals surface area (Å²) in [6.45, 7) is 8.89. The summed E-state index contributed by atoms with van der Waals surface area (Å²) < 4.78 is 2.28. The van der Waals surface area contributed by atoms with Crippen molar-refractivity contribution in [3.63, 3.8) is 0 Å². The Hall–Kier alpha value is -1.66. The van der Waals surface area contributed by atoms with Gasteiger partial charge in [-0.15, -0.1) is 11.3 Å². The van der Waals surface area contributed by atoms with Crippen LogP contribution in [0, 0.1) is 0 Å². The Kier molecular flexibility index (Phi) is 4.55. The fraction of sp³-hybridized carbons (Fsp3) is 0.529. The number of carbonyl (C=O) groups is 1. The minimum absolute atomic E-state index is 0.0106. The molecule has 5 nitrogen and oxygen atoms in total. The van der Waals surface area contributed by atoms with Crippen molar-refractivity contribution in [1.82, 2.24) is 19.4 Å². The summed E-state index contributed by atoms with van der Waals surface area (Å²) in [5.41, 5.74) is 1.23. The van der Waals surface area contributed by atoms with E-state index in [9.17, 15) is 4.79 Å². The molecule has 0 fully saturated rings. The molecule has 23 heavy (non-hydrogen) atoms. The molecule has 0 radical (unpaired) electrons. The van der Waals surface area contributed by atoms with E-state index in [-0.39, 0.29) is 11.9 Å². The van der Waals surface area contributed by atoms with Crippen LogP contribution >= 0.6 is 11.3 Å². The van der Waals surface area contributed by atoms with E-state index in [1.54, 1.807) is 0 Å². The third kappa shape index (κ3) is 3.05. The highest BCUT2D eigenvalue weighted by atomic mass is 32.1. The largest absolute Gasteiger partial charge is 0.327 e. The molecule has 3 rings (SSSR count). The van der Waals surface area contributed by atoms with Crippen LogP contribution in [0.4, 0.5) is 0 Å². The minimum Gasteiger partial charge on any atom is -0.327 e. The van der Waals surface area contributed by atoms with E-state index in [1.165, 1.54) is 17.0 Å². The lowest BCUT2D eigenvalue weighted by atomic mass is 10.2. The van der Waals surface area contributed by atoms with Gasteiger partial charge in [-0.05, 0) is 39.3 Å². The van der Waals surface area contributed by atoms with Crippen LogP contribution < -0.4 is 0 Å². The van der Waals surface area contributed by atoms with Gasteiger partial charge in [0.15, 0.2) is 0 Å². The maximum absolute atomic E-state index is 12.6. The van der Waals surface area contributed by atoms with Gasteiger partial charge >= 0.3 is 0 Å². The van der Waals surface area contributed by atoms with Gasteiger partial charge in [-0.3, -0.25) is 9.69 Å². The summed E-state index contributed by atoms with van der Waals surface area (Å²) in [6.07, 6.45) is 1.96. The van der Waals surface area contributed by atoms with Crippen LogP contribution in [-0.4, -0.2) is 44.9 Å². The van der Waals surface area contributed by atoms with Crippen molar-refractivity contribution in [3.8, 4) is 0 Å². The number of hydrogen-bond acceptors (Lipinski definition) is 4. The molecule has 2 aromatic heterocycles. The molecule has 0 unspecified atom stereocenters. The average molecular weight is 332 g/mol. The van der Waals surface area contributed by atoms with Crippen LogP contribution in [0.25, 0.3) is 0 Å². The molecule has 1 atom stereocenters. The molecule has 0 N–H and O–H groups in total. The Morgan fingerprint density at radius 2 is 2.26 bits per heavy atom. The highest BCUT2D eigenvalue weighted by Gasteiger charge is 2.31.